The Hall–Kier alpha value is -4.60. The summed E-state index contributed by atoms with van der Waals surface area (Å²) < 4.78 is 20.7. The van der Waals surface area contributed by atoms with Crippen LogP contribution >= 0.6 is 0 Å². The second-order valence-electron chi connectivity index (χ2n) is 7.58. The zero-order valence-corrected chi connectivity index (χ0v) is 18.1. The van der Waals surface area contributed by atoms with Gasteiger partial charge >= 0.3 is 5.69 Å². The largest absolute Gasteiger partial charge is 0.487 e. The quantitative estimate of drug-likeness (QED) is 0.263. The molecule has 0 spiro atoms. The van der Waals surface area contributed by atoms with Crippen molar-refractivity contribution in [3.8, 4) is 5.75 Å². The van der Waals surface area contributed by atoms with Gasteiger partial charge in [0.1, 0.15) is 18.0 Å². The van der Waals surface area contributed by atoms with Crippen LogP contribution in [0, 0.1) is 15.9 Å². The molecule has 3 aromatic carbocycles. The van der Waals surface area contributed by atoms with Crippen molar-refractivity contribution in [2.24, 2.45) is 0 Å². The zero-order chi connectivity index (χ0) is 23.7. The van der Waals surface area contributed by atoms with E-state index in [4.69, 9.17) is 4.74 Å². The van der Waals surface area contributed by atoms with Crippen LogP contribution in [-0.4, -0.2) is 31.3 Å². The molecule has 0 atom stereocenters. The van der Waals surface area contributed by atoms with E-state index in [2.05, 4.69) is 20.4 Å². The molecule has 0 aliphatic carbocycles. The minimum Gasteiger partial charge on any atom is -0.487 e. The number of benzene rings is 3. The Labute approximate surface area is 193 Å². The first-order chi connectivity index (χ1) is 16.5. The molecule has 0 aliphatic heterocycles. The molecular formula is C24H19FN6O3. The first-order valence-corrected chi connectivity index (χ1v) is 10.5. The average Bonchev–Trinajstić information content (AvgIpc) is 3.21. The number of aromatic nitrogens is 4. The van der Waals surface area contributed by atoms with Crippen LogP contribution in [0.3, 0.4) is 0 Å². The Balaban J connectivity index is 1.47. The summed E-state index contributed by atoms with van der Waals surface area (Å²) in [5.74, 6) is 0.311. The maximum absolute atomic E-state index is 13.5. The van der Waals surface area contributed by atoms with Gasteiger partial charge in [-0.1, -0.05) is 12.1 Å². The Bertz CT molecular complexity index is 1530. The van der Waals surface area contributed by atoms with Gasteiger partial charge in [-0.25, -0.2) is 14.4 Å². The van der Waals surface area contributed by atoms with Crippen LogP contribution < -0.4 is 10.1 Å². The molecule has 9 nitrogen and oxygen atoms in total. The Kier molecular flexibility index (Phi) is 5.46. The summed E-state index contributed by atoms with van der Waals surface area (Å²) in [4.78, 5) is 19.6. The summed E-state index contributed by atoms with van der Waals surface area (Å²) in [7, 11) is 0. The lowest BCUT2D eigenvalue weighted by atomic mass is 10.1. The highest BCUT2D eigenvalue weighted by Gasteiger charge is 2.19. The van der Waals surface area contributed by atoms with Crippen LogP contribution in [-0.2, 0) is 6.54 Å². The number of anilines is 2. The van der Waals surface area contributed by atoms with Gasteiger partial charge in [0.05, 0.1) is 40.7 Å². The number of fused-ring (bicyclic) bond motifs is 2. The summed E-state index contributed by atoms with van der Waals surface area (Å²) in [6.45, 7) is 2.50. The molecule has 0 radical (unpaired) electrons. The molecule has 5 aromatic rings. The van der Waals surface area contributed by atoms with Gasteiger partial charge in [0, 0.05) is 23.2 Å². The van der Waals surface area contributed by atoms with Crippen LogP contribution in [0.15, 0.2) is 67.1 Å². The maximum Gasteiger partial charge on any atom is 0.311 e. The van der Waals surface area contributed by atoms with E-state index in [9.17, 15) is 14.5 Å². The number of nitrogens with zero attached hydrogens (tertiary/aromatic N) is 5. The summed E-state index contributed by atoms with van der Waals surface area (Å²) in [5.41, 5.74) is 2.80. The number of rotatable bonds is 7. The SMILES string of the molecule is CCOc1cc2ncnc(Nc3ccc4c(cnn4Cc4cccc(F)c4)c3)c2cc1[N+](=O)[O-]. The molecule has 170 valence electrons. The van der Waals surface area contributed by atoms with Crippen molar-refractivity contribution < 1.29 is 14.1 Å². The summed E-state index contributed by atoms with van der Waals surface area (Å²) in [6, 6.07) is 15.1. The van der Waals surface area contributed by atoms with Gasteiger partial charge in [0.15, 0.2) is 5.75 Å². The second kappa shape index (κ2) is 8.74. The Morgan fingerprint density at radius 2 is 2.03 bits per heavy atom. The number of hydrogen-bond acceptors (Lipinski definition) is 7. The third-order valence-electron chi connectivity index (χ3n) is 5.34. The van der Waals surface area contributed by atoms with Crippen molar-refractivity contribution in [2.75, 3.05) is 11.9 Å². The predicted octanol–water partition coefficient (Wildman–Crippen LogP) is 5.22. The monoisotopic (exact) mass is 458 g/mol. The van der Waals surface area contributed by atoms with Crippen molar-refractivity contribution in [3.05, 3.63) is 88.6 Å². The van der Waals surface area contributed by atoms with Crippen molar-refractivity contribution in [3.63, 3.8) is 0 Å². The number of halogens is 1. The highest BCUT2D eigenvalue weighted by molar-refractivity contribution is 5.94. The first-order valence-electron chi connectivity index (χ1n) is 10.5. The molecular weight excluding hydrogens is 439 g/mol. The maximum atomic E-state index is 13.5. The van der Waals surface area contributed by atoms with Crippen molar-refractivity contribution in [2.45, 2.75) is 13.5 Å². The van der Waals surface area contributed by atoms with Gasteiger partial charge in [-0.05, 0) is 42.8 Å². The molecule has 1 N–H and O–H groups in total. The van der Waals surface area contributed by atoms with Crippen LogP contribution in [0.4, 0.5) is 21.6 Å². The normalized spacial score (nSPS) is 11.1. The lowest BCUT2D eigenvalue weighted by Crippen LogP contribution is -2.02. The number of nitro groups is 1. The van der Waals surface area contributed by atoms with E-state index in [0.29, 0.717) is 29.9 Å². The van der Waals surface area contributed by atoms with E-state index in [0.717, 1.165) is 22.2 Å². The fourth-order valence-corrected chi connectivity index (χ4v) is 3.82. The minimum absolute atomic E-state index is 0.152. The number of nitro benzene ring substituents is 1. The molecule has 2 heterocycles. The zero-order valence-electron chi connectivity index (χ0n) is 18.1. The van der Waals surface area contributed by atoms with Crippen LogP contribution in [0.2, 0.25) is 0 Å². The standard InChI is InChI=1S/C24H19FN6O3/c1-2-34-23-11-20-19(10-22(23)31(32)33)24(27-14-26-20)29-18-6-7-21-16(9-18)12-28-30(21)13-15-4-3-5-17(25)8-15/h3-12,14H,2,13H2,1H3,(H,26,27,29). The molecule has 0 saturated carbocycles. The summed E-state index contributed by atoms with van der Waals surface area (Å²) in [6.07, 6.45) is 3.12. The van der Waals surface area contributed by atoms with E-state index in [1.54, 1.807) is 29.9 Å². The van der Waals surface area contributed by atoms with E-state index < -0.39 is 4.92 Å². The molecule has 0 unspecified atom stereocenters. The molecule has 0 aliphatic rings. The Morgan fingerprint density at radius 3 is 2.82 bits per heavy atom. The number of hydrogen-bond donors (Lipinski definition) is 1. The van der Waals surface area contributed by atoms with E-state index in [1.165, 1.54) is 24.5 Å². The van der Waals surface area contributed by atoms with Gasteiger partial charge in [-0.3, -0.25) is 14.8 Å². The molecule has 0 amide bonds. The van der Waals surface area contributed by atoms with Gasteiger partial charge < -0.3 is 10.1 Å². The molecule has 0 fully saturated rings. The lowest BCUT2D eigenvalue weighted by molar-refractivity contribution is -0.385. The van der Waals surface area contributed by atoms with Crippen molar-refractivity contribution in [1.29, 1.82) is 0 Å². The van der Waals surface area contributed by atoms with E-state index in [1.807, 2.05) is 24.3 Å². The predicted molar refractivity (Wildman–Crippen MR) is 126 cm³/mol. The van der Waals surface area contributed by atoms with Gasteiger partial charge in [0.2, 0.25) is 0 Å². The average molecular weight is 458 g/mol. The topological polar surface area (TPSA) is 108 Å². The van der Waals surface area contributed by atoms with Gasteiger partial charge in [-0.2, -0.15) is 5.10 Å². The van der Waals surface area contributed by atoms with Gasteiger partial charge in [0.25, 0.3) is 0 Å². The van der Waals surface area contributed by atoms with Crippen molar-refractivity contribution >= 4 is 39.0 Å². The smallest absolute Gasteiger partial charge is 0.311 e. The second-order valence-corrected chi connectivity index (χ2v) is 7.58. The Morgan fingerprint density at radius 1 is 1.15 bits per heavy atom. The number of nitrogens with one attached hydrogen (secondary N) is 1. The summed E-state index contributed by atoms with van der Waals surface area (Å²) in [5, 5.41) is 20.6. The highest BCUT2D eigenvalue weighted by Crippen LogP contribution is 2.35. The van der Waals surface area contributed by atoms with Crippen molar-refractivity contribution in [1.82, 2.24) is 19.7 Å². The fraction of sp³-hybridized carbons (Fsp3) is 0.125. The van der Waals surface area contributed by atoms with Crippen LogP contribution in [0.5, 0.6) is 5.75 Å². The first kappa shape index (κ1) is 21.3. The third kappa shape index (κ3) is 4.08. The lowest BCUT2D eigenvalue weighted by Gasteiger charge is -2.11. The number of ether oxygens (including phenoxy) is 1. The van der Waals surface area contributed by atoms with Crippen LogP contribution in [0.25, 0.3) is 21.8 Å². The molecule has 10 heteroatoms. The molecule has 5 rings (SSSR count). The summed E-state index contributed by atoms with van der Waals surface area (Å²) >= 11 is 0. The fourth-order valence-electron chi connectivity index (χ4n) is 3.82. The van der Waals surface area contributed by atoms with Gasteiger partial charge in [-0.15, -0.1) is 0 Å². The molecule has 2 aromatic heterocycles. The molecule has 0 bridgehead atoms. The van der Waals surface area contributed by atoms with Crippen LogP contribution in [0.1, 0.15) is 12.5 Å². The van der Waals surface area contributed by atoms with E-state index >= 15 is 0 Å². The van der Waals surface area contributed by atoms with E-state index in [-0.39, 0.29) is 17.3 Å². The highest BCUT2D eigenvalue weighted by atomic mass is 19.1. The third-order valence-corrected chi connectivity index (χ3v) is 5.34. The minimum atomic E-state index is -0.486. The molecule has 0 saturated heterocycles. The molecule has 34 heavy (non-hydrogen) atoms.